The van der Waals surface area contributed by atoms with Crippen molar-refractivity contribution in [1.82, 2.24) is 19.8 Å². The van der Waals surface area contributed by atoms with E-state index in [1.165, 1.54) is 0 Å². The van der Waals surface area contributed by atoms with Gasteiger partial charge in [-0.1, -0.05) is 13.8 Å². The van der Waals surface area contributed by atoms with Gasteiger partial charge >= 0.3 is 0 Å². The van der Waals surface area contributed by atoms with Crippen LogP contribution >= 0.6 is 0 Å². The molecule has 22 heavy (non-hydrogen) atoms. The van der Waals surface area contributed by atoms with Crippen LogP contribution in [-0.4, -0.2) is 64.8 Å². The number of nitrogens with zero attached hydrogens (tertiary/aromatic N) is 4. The fraction of sp³-hybridized carbons (Fsp3) is 0.600. The van der Waals surface area contributed by atoms with E-state index in [4.69, 9.17) is 0 Å². The molecular formula is C15H23N5O2. The molecule has 2 rings (SSSR count). The van der Waals surface area contributed by atoms with Crippen LogP contribution in [0.3, 0.4) is 0 Å². The predicted octanol–water partition coefficient (Wildman–Crippen LogP) is 0.767. The first kappa shape index (κ1) is 16.2. The van der Waals surface area contributed by atoms with Gasteiger partial charge in [0.2, 0.25) is 6.41 Å². The second-order valence-electron chi connectivity index (χ2n) is 5.89. The number of carbonyl (C=O) groups excluding carboxylic acids is 2. The monoisotopic (exact) mass is 305 g/mol. The number of aryl methyl sites for hydroxylation is 1. The molecule has 0 spiro atoms. The largest absolute Gasteiger partial charge is 0.370 e. The quantitative estimate of drug-likeness (QED) is 0.813. The Labute approximate surface area is 130 Å². The number of hydrogen-bond acceptors (Lipinski definition) is 5. The fourth-order valence-corrected chi connectivity index (χ4v) is 2.27. The average molecular weight is 305 g/mol. The van der Waals surface area contributed by atoms with Crippen LogP contribution < -0.4 is 5.32 Å². The van der Waals surface area contributed by atoms with Crippen molar-refractivity contribution in [2.45, 2.75) is 20.8 Å². The van der Waals surface area contributed by atoms with Crippen LogP contribution in [0.4, 0.5) is 5.82 Å². The number of amides is 2. The lowest BCUT2D eigenvalue weighted by molar-refractivity contribution is -0.119. The van der Waals surface area contributed by atoms with E-state index in [1.54, 1.807) is 22.8 Å². The highest BCUT2D eigenvalue weighted by Crippen LogP contribution is 2.11. The van der Waals surface area contributed by atoms with Gasteiger partial charge in [0.25, 0.3) is 5.91 Å². The van der Waals surface area contributed by atoms with Crippen molar-refractivity contribution in [3.05, 3.63) is 17.6 Å². The lowest BCUT2D eigenvalue weighted by Gasteiger charge is -2.32. The van der Waals surface area contributed by atoms with E-state index in [-0.39, 0.29) is 5.91 Å². The van der Waals surface area contributed by atoms with Crippen molar-refractivity contribution >= 4 is 18.1 Å². The number of anilines is 1. The van der Waals surface area contributed by atoms with E-state index in [9.17, 15) is 9.59 Å². The first-order chi connectivity index (χ1) is 10.5. The molecule has 1 aromatic heterocycles. The van der Waals surface area contributed by atoms with Crippen molar-refractivity contribution in [1.29, 1.82) is 0 Å². The minimum atomic E-state index is -0.108. The SMILES string of the molecule is Cc1nc(NCC(C)C)cc(C(=O)N2CCN(C=O)CC2)n1. The number of hydrogen-bond donors (Lipinski definition) is 1. The predicted molar refractivity (Wildman–Crippen MR) is 83.6 cm³/mol. The van der Waals surface area contributed by atoms with Crippen molar-refractivity contribution in [3.8, 4) is 0 Å². The van der Waals surface area contributed by atoms with Crippen LogP contribution in [-0.2, 0) is 4.79 Å². The normalized spacial score (nSPS) is 15.1. The molecule has 1 aromatic rings. The van der Waals surface area contributed by atoms with E-state index >= 15 is 0 Å². The van der Waals surface area contributed by atoms with Crippen LogP contribution in [0.15, 0.2) is 6.07 Å². The van der Waals surface area contributed by atoms with Gasteiger partial charge in [0.05, 0.1) is 0 Å². The summed E-state index contributed by atoms with van der Waals surface area (Å²) in [5, 5.41) is 3.22. The van der Waals surface area contributed by atoms with Crippen molar-refractivity contribution in [3.63, 3.8) is 0 Å². The van der Waals surface area contributed by atoms with E-state index < -0.39 is 0 Å². The molecule has 0 aliphatic carbocycles. The van der Waals surface area contributed by atoms with Gasteiger partial charge in [-0.3, -0.25) is 9.59 Å². The van der Waals surface area contributed by atoms with Crippen LogP contribution in [0.25, 0.3) is 0 Å². The zero-order valence-corrected chi connectivity index (χ0v) is 13.4. The molecule has 7 nitrogen and oxygen atoms in total. The van der Waals surface area contributed by atoms with Crippen molar-refractivity contribution < 1.29 is 9.59 Å². The second-order valence-corrected chi connectivity index (χ2v) is 5.89. The highest BCUT2D eigenvalue weighted by Gasteiger charge is 2.23. The minimum absolute atomic E-state index is 0.108. The van der Waals surface area contributed by atoms with E-state index in [0.717, 1.165) is 13.0 Å². The third kappa shape index (κ3) is 4.16. The summed E-state index contributed by atoms with van der Waals surface area (Å²) in [6, 6.07) is 1.70. The van der Waals surface area contributed by atoms with Gasteiger partial charge in [-0.15, -0.1) is 0 Å². The second kappa shape index (κ2) is 7.20. The van der Waals surface area contributed by atoms with Crippen molar-refractivity contribution in [2.75, 3.05) is 38.0 Å². The molecule has 1 aliphatic heterocycles. The Hall–Kier alpha value is -2.18. The minimum Gasteiger partial charge on any atom is -0.370 e. The maximum atomic E-state index is 12.5. The van der Waals surface area contributed by atoms with Gasteiger partial charge in [0.15, 0.2) is 0 Å². The van der Waals surface area contributed by atoms with Gasteiger partial charge in [0, 0.05) is 38.8 Å². The summed E-state index contributed by atoms with van der Waals surface area (Å²) >= 11 is 0. The van der Waals surface area contributed by atoms with E-state index in [1.807, 2.05) is 0 Å². The summed E-state index contributed by atoms with van der Waals surface area (Å²) in [7, 11) is 0. The van der Waals surface area contributed by atoms with E-state index in [2.05, 4.69) is 29.1 Å². The molecule has 0 bridgehead atoms. The van der Waals surface area contributed by atoms with Crippen LogP contribution in [0, 0.1) is 12.8 Å². The number of rotatable bonds is 5. The molecule has 1 fully saturated rings. The molecule has 0 aromatic carbocycles. The molecule has 1 aliphatic rings. The Balaban J connectivity index is 2.07. The Bertz CT molecular complexity index is 539. The topological polar surface area (TPSA) is 78.4 Å². The van der Waals surface area contributed by atoms with Gasteiger partial charge in [-0.05, 0) is 12.8 Å². The number of aromatic nitrogens is 2. The summed E-state index contributed by atoms with van der Waals surface area (Å²) in [5.41, 5.74) is 0.401. The average Bonchev–Trinajstić information content (AvgIpc) is 2.52. The number of nitrogens with one attached hydrogen (secondary N) is 1. The summed E-state index contributed by atoms with van der Waals surface area (Å²) in [6.07, 6.45) is 0.824. The highest BCUT2D eigenvalue weighted by molar-refractivity contribution is 5.93. The maximum absolute atomic E-state index is 12.5. The van der Waals surface area contributed by atoms with Crippen LogP contribution in [0.1, 0.15) is 30.2 Å². The molecule has 1 N–H and O–H groups in total. The Morgan fingerprint density at radius 2 is 2.00 bits per heavy atom. The smallest absolute Gasteiger partial charge is 0.272 e. The third-order valence-electron chi connectivity index (χ3n) is 3.50. The highest BCUT2D eigenvalue weighted by atomic mass is 16.2. The zero-order valence-electron chi connectivity index (χ0n) is 13.4. The summed E-state index contributed by atoms with van der Waals surface area (Å²) in [5.74, 6) is 1.63. The summed E-state index contributed by atoms with van der Waals surface area (Å²) in [6.45, 7) is 9.00. The van der Waals surface area contributed by atoms with Gasteiger partial charge in [-0.25, -0.2) is 9.97 Å². The van der Waals surface area contributed by atoms with Crippen LogP contribution in [0.2, 0.25) is 0 Å². The Kier molecular flexibility index (Phi) is 5.30. The molecule has 7 heteroatoms. The number of piperazine rings is 1. The zero-order chi connectivity index (χ0) is 16.1. The molecule has 1 saturated heterocycles. The van der Waals surface area contributed by atoms with Crippen molar-refractivity contribution in [2.24, 2.45) is 5.92 Å². The molecule has 0 saturated carbocycles. The van der Waals surface area contributed by atoms with E-state index in [0.29, 0.717) is 49.4 Å². The molecule has 2 heterocycles. The molecular weight excluding hydrogens is 282 g/mol. The standard InChI is InChI=1S/C15H23N5O2/c1-11(2)9-16-14-8-13(17-12(3)18-14)15(22)20-6-4-19(10-21)5-7-20/h8,10-11H,4-7,9H2,1-3H3,(H,16,17,18). The number of carbonyl (C=O) groups is 2. The summed E-state index contributed by atoms with van der Waals surface area (Å²) < 4.78 is 0. The van der Waals surface area contributed by atoms with Gasteiger partial charge in [-0.2, -0.15) is 0 Å². The van der Waals surface area contributed by atoms with Gasteiger partial charge < -0.3 is 15.1 Å². The first-order valence-electron chi connectivity index (χ1n) is 7.57. The molecule has 0 atom stereocenters. The van der Waals surface area contributed by atoms with Crippen LogP contribution in [0.5, 0.6) is 0 Å². The summed E-state index contributed by atoms with van der Waals surface area (Å²) in [4.78, 5) is 35.2. The molecule has 0 unspecified atom stereocenters. The lowest BCUT2D eigenvalue weighted by Crippen LogP contribution is -2.48. The first-order valence-corrected chi connectivity index (χ1v) is 7.57. The third-order valence-corrected chi connectivity index (χ3v) is 3.50. The fourth-order valence-electron chi connectivity index (χ4n) is 2.27. The Morgan fingerprint density at radius 1 is 1.32 bits per heavy atom. The molecule has 120 valence electrons. The maximum Gasteiger partial charge on any atom is 0.272 e. The molecule has 2 amide bonds. The molecule has 0 radical (unpaired) electrons. The lowest BCUT2D eigenvalue weighted by atomic mass is 10.2. The Morgan fingerprint density at radius 3 is 2.59 bits per heavy atom. The van der Waals surface area contributed by atoms with Gasteiger partial charge in [0.1, 0.15) is 17.3 Å².